The summed E-state index contributed by atoms with van der Waals surface area (Å²) in [5.41, 5.74) is 9.70. The van der Waals surface area contributed by atoms with Gasteiger partial charge in [0.25, 0.3) is 0 Å². The van der Waals surface area contributed by atoms with E-state index in [1.165, 1.54) is 67.8 Å². The summed E-state index contributed by atoms with van der Waals surface area (Å²) in [7, 11) is 0. The normalized spacial score (nSPS) is 11.7. The van der Waals surface area contributed by atoms with Crippen molar-refractivity contribution in [3.05, 3.63) is 182 Å². The number of nitrogens with zero attached hydrogens (tertiary/aromatic N) is 2. The molecule has 0 unspecified atom stereocenters. The lowest BCUT2D eigenvalue weighted by Crippen LogP contribution is -1.96. The van der Waals surface area contributed by atoms with Gasteiger partial charge in [0, 0.05) is 57.0 Å². The molecular weight excluding hydrogens is 693 g/mol. The van der Waals surface area contributed by atoms with E-state index in [-0.39, 0.29) is 0 Å². The second-order valence-corrected chi connectivity index (χ2v) is 15.9. The van der Waals surface area contributed by atoms with E-state index in [9.17, 15) is 0 Å². The SMILES string of the molecule is c1ccc(-c2nc(-c3cc(-c4ccc5ccccc5c4)cc(-c4cccc5c4sc4ccccc45)c3)cc(-c3cccc4c3sc3ccccc34)n2)cc1. The zero-order valence-electron chi connectivity index (χ0n) is 29.0. The topological polar surface area (TPSA) is 25.8 Å². The van der Waals surface area contributed by atoms with Gasteiger partial charge in [0.1, 0.15) is 0 Å². The molecule has 0 bridgehead atoms. The van der Waals surface area contributed by atoms with Crippen molar-refractivity contribution in [1.82, 2.24) is 9.97 Å². The third kappa shape index (κ3) is 5.22. The first kappa shape index (κ1) is 31.1. The number of hydrogen-bond acceptors (Lipinski definition) is 4. The van der Waals surface area contributed by atoms with E-state index in [0.29, 0.717) is 5.82 Å². The first-order chi connectivity index (χ1) is 26.7. The van der Waals surface area contributed by atoms with E-state index in [2.05, 4.69) is 176 Å². The fourth-order valence-corrected chi connectivity index (χ4v) is 10.3. The lowest BCUT2D eigenvalue weighted by Gasteiger charge is -2.14. The van der Waals surface area contributed by atoms with Crippen molar-refractivity contribution in [2.75, 3.05) is 0 Å². The van der Waals surface area contributed by atoms with Gasteiger partial charge >= 0.3 is 0 Å². The van der Waals surface area contributed by atoms with Crippen molar-refractivity contribution in [2.24, 2.45) is 0 Å². The molecule has 0 aliphatic heterocycles. The van der Waals surface area contributed by atoms with Crippen molar-refractivity contribution in [3.8, 4) is 56.2 Å². The van der Waals surface area contributed by atoms with Gasteiger partial charge in [0.15, 0.2) is 5.82 Å². The molecule has 0 N–H and O–H groups in total. The summed E-state index contributed by atoms with van der Waals surface area (Å²) in [4.78, 5) is 10.6. The van der Waals surface area contributed by atoms with Gasteiger partial charge in [0.05, 0.1) is 11.4 Å². The van der Waals surface area contributed by atoms with Gasteiger partial charge in [-0.05, 0) is 75.5 Å². The van der Waals surface area contributed by atoms with Crippen LogP contribution in [0, 0.1) is 0 Å². The minimum Gasteiger partial charge on any atom is -0.228 e. The van der Waals surface area contributed by atoms with Crippen molar-refractivity contribution >= 4 is 73.8 Å². The molecule has 11 aromatic rings. The molecule has 0 aliphatic carbocycles. The monoisotopic (exact) mass is 722 g/mol. The predicted molar refractivity (Wildman–Crippen MR) is 232 cm³/mol. The molecule has 0 radical (unpaired) electrons. The highest BCUT2D eigenvalue weighted by Gasteiger charge is 2.18. The Labute approximate surface area is 320 Å². The van der Waals surface area contributed by atoms with Crippen LogP contribution in [0.25, 0.3) is 107 Å². The molecule has 0 spiro atoms. The summed E-state index contributed by atoms with van der Waals surface area (Å²) in [6.07, 6.45) is 0. The van der Waals surface area contributed by atoms with Gasteiger partial charge < -0.3 is 0 Å². The highest BCUT2D eigenvalue weighted by Crippen LogP contribution is 2.44. The van der Waals surface area contributed by atoms with E-state index in [4.69, 9.17) is 9.97 Å². The molecule has 11 rings (SSSR count). The Morgan fingerprint density at radius 3 is 1.65 bits per heavy atom. The predicted octanol–water partition coefficient (Wildman–Crippen LogP) is 14.7. The summed E-state index contributed by atoms with van der Waals surface area (Å²) >= 11 is 3.70. The maximum absolute atomic E-state index is 5.33. The van der Waals surface area contributed by atoms with E-state index >= 15 is 0 Å². The van der Waals surface area contributed by atoms with Crippen LogP contribution in [0.3, 0.4) is 0 Å². The first-order valence-corrected chi connectivity index (χ1v) is 19.8. The highest BCUT2D eigenvalue weighted by atomic mass is 32.1. The van der Waals surface area contributed by atoms with Crippen LogP contribution in [0.4, 0.5) is 0 Å². The zero-order chi connectivity index (χ0) is 35.6. The van der Waals surface area contributed by atoms with Crippen LogP contribution in [-0.4, -0.2) is 9.97 Å². The largest absolute Gasteiger partial charge is 0.228 e. The molecule has 3 aromatic heterocycles. The Morgan fingerprint density at radius 2 is 0.889 bits per heavy atom. The van der Waals surface area contributed by atoms with E-state index in [1.807, 2.05) is 28.7 Å². The minimum absolute atomic E-state index is 0.713. The molecule has 0 saturated heterocycles. The van der Waals surface area contributed by atoms with E-state index in [0.717, 1.165) is 33.6 Å². The molecule has 0 fully saturated rings. The third-order valence-corrected chi connectivity index (χ3v) is 12.9. The van der Waals surface area contributed by atoms with E-state index < -0.39 is 0 Å². The Kier molecular flexibility index (Phi) is 7.25. The van der Waals surface area contributed by atoms with Crippen LogP contribution in [0.15, 0.2) is 182 Å². The molecule has 2 nitrogen and oxygen atoms in total. The van der Waals surface area contributed by atoms with Gasteiger partial charge in [0.2, 0.25) is 0 Å². The van der Waals surface area contributed by atoms with Gasteiger partial charge in [-0.3, -0.25) is 0 Å². The Morgan fingerprint density at radius 1 is 0.315 bits per heavy atom. The molecule has 0 amide bonds. The number of benzene rings is 8. The lowest BCUT2D eigenvalue weighted by molar-refractivity contribution is 1.19. The number of hydrogen-bond donors (Lipinski definition) is 0. The average Bonchev–Trinajstić information content (AvgIpc) is 3.82. The number of rotatable bonds is 5. The first-order valence-electron chi connectivity index (χ1n) is 18.1. The summed E-state index contributed by atoms with van der Waals surface area (Å²) in [6.45, 7) is 0. The Hall–Kier alpha value is -6.46. The van der Waals surface area contributed by atoms with Crippen molar-refractivity contribution < 1.29 is 0 Å². The minimum atomic E-state index is 0.713. The smallest absolute Gasteiger partial charge is 0.160 e. The molecular formula is C50H30N2S2. The van der Waals surface area contributed by atoms with Crippen LogP contribution in [-0.2, 0) is 0 Å². The van der Waals surface area contributed by atoms with Gasteiger partial charge in [-0.2, -0.15) is 0 Å². The zero-order valence-corrected chi connectivity index (χ0v) is 30.7. The molecule has 8 aromatic carbocycles. The Balaban J connectivity index is 1.18. The molecule has 3 heterocycles. The average molecular weight is 723 g/mol. The molecule has 252 valence electrons. The summed E-state index contributed by atoms with van der Waals surface area (Å²) < 4.78 is 5.12. The van der Waals surface area contributed by atoms with Crippen LogP contribution in [0.1, 0.15) is 0 Å². The molecule has 0 atom stereocenters. The third-order valence-electron chi connectivity index (χ3n) is 10.5. The second kappa shape index (κ2) is 12.6. The number of aromatic nitrogens is 2. The fraction of sp³-hybridized carbons (Fsp3) is 0. The van der Waals surface area contributed by atoms with E-state index in [1.54, 1.807) is 0 Å². The summed E-state index contributed by atoms with van der Waals surface area (Å²) in [5.74, 6) is 0.713. The Bertz CT molecular complexity index is 3230. The highest BCUT2D eigenvalue weighted by molar-refractivity contribution is 7.26. The standard InChI is InChI=1S/C50H30N2S2/c1-2-13-32(14-3-1)50-51-44(30-45(52-50)43-21-11-20-42-40-17-7-9-23-47(40)54-49(42)43)37-28-35(34-25-24-31-12-4-5-15-33(31)26-34)27-36(29-37)38-18-10-19-41-39-16-6-8-22-46(39)53-48(38)41/h1-30H. The van der Waals surface area contributed by atoms with Crippen molar-refractivity contribution in [1.29, 1.82) is 0 Å². The maximum atomic E-state index is 5.33. The quantitative estimate of drug-likeness (QED) is 0.177. The molecule has 0 aliphatic rings. The van der Waals surface area contributed by atoms with Crippen LogP contribution >= 0.6 is 22.7 Å². The van der Waals surface area contributed by atoms with Gasteiger partial charge in [-0.25, -0.2) is 9.97 Å². The summed E-state index contributed by atoms with van der Waals surface area (Å²) in [5, 5.41) is 7.58. The lowest BCUT2D eigenvalue weighted by atomic mass is 9.93. The van der Waals surface area contributed by atoms with Gasteiger partial charge in [-0.1, -0.05) is 140 Å². The van der Waals surface area contributed by atoms with Crippen LogP contribution < -0.4 is 0 Å². The fourth-order valence-electron chi connectivity index (χ4n) is 7.84. The number of fused-ring (bicyclic) bond motifs is 7. The maximum Gasteiger partial charge on any atom is 0.160 e. The molecule has 0 saturated carbocycles. The van der Waals surface area contributed by atoms with Crippen molar-refractivity contribution in [2.45, 2.75) is 0 Å². The summed E-state index contributed by atoms with van der Waals surface area (Å²) in [6, 6.07) is 65.6. The molecule has 54 heavy (non-hydrogen) atoms. The molecule has 4 heteroatoms. The van der Waals surface area contributed by atoms with Crippen LogP contribution in [0.2, 0.25) is 0 Å². The van der Waals surface area contributed by atoms with Gasteiger partial charge in [-0.15, -0.1) is 22.7 Å². The second-order valence-electron chi connectivity index (χ2n) is 13.7. The van der Waals surface area contributed by atoms with Crippen LogP contribution in [0.5, 0.6) is 0 Å². The number of thiophene rings is 2. The van der Waals surface area contributed by atoms with Crippen molar-refractivity contribution in [3.63, 3.8) is 0 Å².